The van der Waals surface area contributed by atoms with Gasteiger partial charge in [0.15, 0.2) is 0 Å². The number of rotatable bonds is 3. The first kappa shape index (κ1) is 13.5. The lowest BCUT2D eigenvalue weighted by atomic mass is 10.1. The third-order valence-corrected chi connectivity index (χ3v) is 2.46. The average molecular weight is 270 g/mol. The Morgan fingerprint density at radius 3 is 2.42 bits per heavy atom. The predicted octanol–water partition coefficient (Wildman–Crippen LogP) is 4.75. The standard InChI is InChI=1S/C14H13F3O2/c1-9(2)19-13-6-5-10(14(15,16)17)8-11(13)12-4-3-7-18-12/h3-9H,1-2H3. The summed E-state index contributed by atoms with van der Waals surface area (Å²) in [4.78, 5) is 0. The molecule has 2 aromatic rings. The Kier molecular flexibility index (Phi) is 3.55. The molecule has 102 valence electrons. The zero-order valence-corrected chi connectivity index (χ0v) is 10.5. The van der Waals surface area contributed by atoms with E-state index in [4.69, 9.17) is 9.15 Å². The Morgan fingerprint density at radius 2 is 1.89 bits per heavy atom. The highest BCUT2D eigenvalue weighted by Crippen LogP contribution is 2.37. The fraction of sp³-hybridized carbons (Fsp3) is 0.286. The van der Waals surface area contributed by atoms with Crippen molar-refractivity contribution in [2.45, 2.75) is 26.1 Å². The molecule has 0 fully saturated rings. The molecule has 0 bridgehead atoms. The van der Waals surface area contributed by atoms with Gasteiger partial charge < -0.3 is 9.15 Å². The highest BCUT2D eigenvalue weighted by Gasteiger charge is 2.31. The number of furan rings is 1. The molecule has 0 saturated carbocycles. The van der Waals surface area contributed by atoms with Crippen LogP contribution < -0.4 is 4.74 Å². The number of alkyl halides is 3. The van der Waals surface area contributed by atoms with Crippen LogP contribution in [0.4, 0.5) is 13.2 Å². The van der Waals surface area contributed by atoms with Gasteiger partial charge in [-0.05, 0) is 44.2 Å². The van der Waals surface area contributed by atoms with Crippen LogP contribution in [0.1, 0.15) is 19.4 Å². The lowest BCUT2D eigenvalue weighted by molar-refractivity contribution is -0.137. The molecule has 0 unspecified atom stereocenters. The topological polar surface area (TPSA) is 22.4 Å². The molecule has 2 nitrogen and oxygen atoms in total. The van der Waals surface area contributed by atoms with Crippen molar-refractivity contribution in [3.63, 3.8) is 0 Å². The summed E-state index contributed by atoms with van der Waals surface area (Å²) in [6.45, 7) is 3.62. The summed E-state index contributed by atoms with van der Waals surface area (Å²) in [5.41, 5.74) is -0.427. The molecule has 0 radical (unpaired) electrons. The van der Waals surface area contributed by atoms with E-state index >= 15 is 0 Å². The maximum atomic E-state index is 12.7. The number of hydrogen-bond acceptors (Lipinski definition) is 2. The Hall–Kier alpha value is -1.91. The third-order valence-electron chi connectivity index (χ3n) is 2.46. The van der Waals surface area contributed by atoms with Gasteiger partial charge >= 0.3 is 6.18 Å². The molecule has 1 aromatic carbocycles. The van der Waals surface area contributed by atoms with Crippen LogP contribution in [0.2, 0.25) is 0 Å². The van der Waals surface area contributed by atoms with Gasteiger partial charge in [-0.1, -0.05) is 0 Å². The summed E-state index contributed by atoms with van der Waals surface area (Å²) in [5, 5.41) is 0. The van der Waals surface area contributed by atoms with Gasteiger partial charge in [0.1, 0.15) is 11.5 Å². The molecule has 0 amide bonds. The summed E-state index contributed by atoms with van der Waals surface area (Å²) < 4.78 is 48.9. The normalized spacial score (nSPS) is 11.9. The van der Waals surface area contributed by atoms with E-state index in [0.717, 1.165) is 12.1 Å². The van der Waals surface area contributed by atoms with Gasteiger partial charge in [-0.25, -0.2) is 0 Å². The minimum absolute atomic E-state index is 0.134. The summed E-state index contributed by atoms with van der Waals surface area (Å²) in [5.74, 6) is 0.722. The second-order valence-corrected chi connectivity index (χ2v) is 4.35. The van der Waals surface area contributed by atoms with Crippen molar-refractivity contribution in [1.82, 2.24) is 0 Å². The Labute approximate surface area is 108 Å². The smallest absolute Gasteiger partial charge is 0.416 e. The number of ether oxygens (including phenoxy) is 1. The molecule has 0 N–H and O–H groups in total. The van der Waals surface area contributed by atoms with Crippen molar-refractivity contribution >= 4 is 0 Å². The SMILES string of the molecule is CC(C)Oc1ccc(C(F)(F)F)cc1-c1ccco1. The van der Waals surface area contributed by atoms with E-state index in [2.05, 4.69) is 0 Å². The first-order valence-electron chi connectivity index (χ1n) is 5.79. The van der Waals surface area contributed by atoms with Gasteiger partial charge in [0.2, 0.25) is 0 Å². The maximum absolute atomic E-state index is 12.7. The molecule has 5 heteroatoms. The minimum atomic E-state index is -4.39. The van der Waals surface area contributed by atoms with Gasteiger partial charge in [-0.2, -0.15) is 13.2 Å². The highest BCUT2D eigenvalue weighted by atomic mass is 19.4. The molecule has 0 atom stereocenters. The Morgan fingerprint density at radius 1 is 1.16 bits per heavy atom. The van der Waals surface area contributed by atoms with Crippen molar-refractivity contribution < 1.29 is 22.3 Å². The average Bonchev–Trinajstić information content (AvgIpc) is 2.80. The third kappa shape index (κ3) is 3.10. The zero-order valence-electron chi connectivity index (χ0n) is 10.5. The zero-order chi connectivity index (χ0) is 14.0. The Bertz CT molecular complexity index is 542. The van der Waals surface area contributed by atoms with E-state index < -0.39 is 11.7 Å². The van der Waals surface area contributed by atoms with Crippen molar-refractivity contribution in [2.24, 2.45) is 0 Å². The van der Waals surface area contributed by atoms with Gasteiger partial charge in [0, 0.05) is 0 Å². The van der Waals surface area contributed by atoms with Crippen molar-refractivity contribution in [1.29, 1.82) is 0 Å². The largest absolute Gasteiger partial charge is 0.490 e. The van der Waals surface area contributed by atoms with Gasteiger partial charge in [-0.3, -0.25) is 0 Å². The van der Waals surface area contributed by atoms with Crippen molar-refractivity contribution in [3.8, 4) is 17.1 Å². The second kappa shape index (κ2) is 4.99. The number of halogens is 3. The van der Waals surface area contributed by atoms with Crippen LogP contribution in [0.5, 0.6) is 5.75 Å². The molecular weight excluding hydrogens is 257 g/mol. The van der Waals surface area contributed by atoms with E-state index in [0.29, 0.717) is 17.1 Å². The van der Waals surface area contributed by atoms with Crippen LogP contribution in [0.25, 0.3) is 11.3 Å². The monoisotopic (exact) mass is 270 g/mol. The second-order valence-electron chi connectivity index (χ2n) is 4.35. The lowest BCUT2D eigenvalue weighted by Crippen LogP contribution is -2.09. The Balaban J connectivity index is 2.51. The summed E-state index contributed by atoms with van der Waals surface area (Å²) >= 11 is 0. The molecule has 19 heavy (non-hydrogen) atoms. The van der Waals surface area contributed by atoms with E-state index in [1.54, 1.807) is 12.1 Å². The van der Waals surface area contributed by atoms with Crippen LogP contribution in [0.3, 0.4) is 0 Å². The summed E-state index contributed by atoms with van der Waals surface area (Å²) in [7, 11) is 0. The highest BCUT2D eigenvalue weighted by molar-refractivity contribution is 5.67. The molecule has 0 saturated heterocycles. The van der Waals surface area contributed by atoms with Crippen LogP contribution in [-0.2, 0) is 6.18 Å². The molecule has 2 rings (SSSR count). The maximum Gasteiger partial charge on any atom is 0.416 e. The molecule has 1 aromatic heterocycles. The first-order chi connectivity index (χ1) is 8.88. The first-order valence-corrected chi connectivity index (χ1v) is 5.79. The van der Waals surface area contributed by atoms with Crippen molar-refractivity contribution in [3.05, 3.63) is 42.2 Å². The lowest BCUT2D eigenvalue weighted by Gasteiger charge is -2.15. The molecule has 0 aliphatic heterocycles. The van der Waals surface area contributed by atoms with Gasteiger partial charge in [0.05, 0.1) is 23.5 Å². The van der Waals surface area contributed by atoms with E-state index in [9.17, 15) is 13.2 Å². The number of hydrogen-bond donors (Lipinski definition) is 0. The predicted molar refractivity (Wildman–Crippen MR) is 64.9 cm³/mol. The quantitative estimate of drug-likeness (QED) is 0.802. The van der Waals surface area contributed by atoms with E-state index in [1.807, 2.05) is 13.8 Å². The summed E-state index contributed by atoms with van der Waals surface area (Å²) in [6.07, 6.45) is -3.11. The van der Waals surface area contributed by atoms with Gasteiger partial charge in [0.25, 0.3) is 0 Å². The van der Waals surface area contributed by atoms with Crippen LogP contribution >= 0.6 is 0 Å². The molecular formula is C14H13F3O2. The molecule has 1 heterocycles. The van der Waals surface area contributed by atoms with E-state index in [-0.39, 0.29) is 6.10 Å². The van der Waals surface area contributed by atoms with Crippen LogP contribution in [0, 0.1) is 0 Å². The molecule has 0 aliphatic carbocycles. The fourth-order valence-electron chi connectivity index (χ4n) is 1.69. The molecule has 0 aliphatic rings. The minimum Gasteiger partial charge on any atom is -0.490 e. The van der Waals surface area contributed by atoms with Crippen LogP contribution in [-0.4, -0.2) is 6.10 Å². The molecule has 0 spiro atoms. The van der Waals surface area contributed by atoms with Crippen molar-refractivity contribution in [2.75, 3.05) is 0 Å². The van der Waals surface area contributed by atoms with Gasteiger partial charge in [-0.15, -0.1) is 0 Å². The van der Waals surface area contributed by atoms with Crippen LogP contribution in [0.15, 0.2) is 41.0 Å². The number of benzene rings is 1. The van der Waals surface area contributed by atoms with E-state index in [1.165, 1.54) is 12.3 Å². The summed E-state index contributed by atoms with van der Waals surface area (Å²) in [6, 6.07) is 6.58. The fourth-order valence-corrected chi connectivity index (χ4v) is 1.69.